The average Bonchev–Trinajstić information content (AvgIpc) is 2.48. The van der Waals surface area contributed by atoms with Gasteiger partial charge >= 0.3 is 0 Å². The first-order valence-corrected chi connectivity index (χ1v) is 5.72. The molecule has 0 radical (unpaired) electrons. The minimum absolute atomic E-state index is 0.0888. The molecule has 0 bridgehead atoms. The van der Waals surface area contributed by atoms with Gasteiger partial charge in [-0.05, 0) is 31.6 Å². The molecule has 3 nitrogen and oxygen atoms in total. The molecule has 0 aromatic rings. The highest BCUT2D eigenvalue weighted by molar-refractivity contribution is 5.80. The summed E-state index contributed by atoms with van der Waals surface area (Å²) in [5.74, 6) is 1.08. The molecule has 14 heavy (non-hydrogen) atoms. The molecule has 0 saturated heterocycles. The maximum absolute atomic E-state index is 11.8. The van der Waals surface area contributed by atoms with E-state index < -0.39 is 0 Å². The van der Waals surface area contributed by atoms with Crippen molar-refractivity contribution in [1.82, 2.24) is 5.32 Å². The summed E-state index contributed by atoms with van der Waals surface area (Å²) < 4.78 is 0. The van der Waals surface area contributed by atoms with Crippen molar-refractivity contribution in [2.45, 2.75) is 51.1 Å². The van der Waals surface area contributed by atoms with Gasteiger partial charge in [0.1, 0.15) is 0 Å². The number of amides is 1. The molecule has 1 amide bonds. The second-order valence-corrected chi connectivity index (χ2v) is 4.98. The molecule has 2 fully saturated rings. The van der Waals surface area contributed by atoms with Crippen LogP contribution >= 0.6 is 0 Å². The van der Waals surface area contributed by atoms with Gasteiger partial charge < -0.3 is 11.1 Å². The Hall–Kier alpha value is -0.570. The van der Waals surface area contributed by atoms with E-state index in [2.05, 4.69) is 12.2 Å². The van der Waals surface area contributed by atoms with Gasteiger partial charge in [-0.15, -0.1) is 0 Å². The van der Waals surface area contributed by atoms with Crippen LogP contribution in [0.5, 0.6) is 0 Å². The van der Waals surface area contributed by atoms with Crippen LogP contribution in [0.3, 0.4) is 0 Å². The predicted octanol–water partition coefficient (Wildman–Crippen LogP) is 1.03. The van der Waals surface area contributed by atoms with E-state index in [-0.39, 0.29) is 17.9 Å². The van der Waals surface area contributed by atoms with Gasteiger partial charge in [-0.2, -0.15) is 0 Å². The van der Waals surface area contributed by atoms with E-state index in [1.165, 1.54) is 0 Å². The van der Waals surface area contributed by atoms with Crippen LogP contribution in [0.4, 0.5) is 0 Å². The molecule has 3 N–H and O–H groups in total. The molecule has 2 unspecified atom stereocenters. The first-order chi connectivity index (χ1) is 6.66. The van der Waals surface area contributed by atoms with Gasteiger partial charge in [-0.25, -0.2) is 0 Å². The molecule has 2 aliphatic rings. The fourth-order valence-electron chi connectivity index (χ4n) is 2.64. The monoisotopic (exact) mass is 196 g/mol. The lowest BCUT2D eigenvalue weighted by Gasteiger charge is -2.34. The Morgan fingerprint density at radius 3 is 2.57 bits per heavy atom. The summed E-state index contributed by atoms with van der Waals surface area (Å²) in [5, 5.41) is 3.10. The molecule has 0 spiro atoms. The van der Waals surface area contributed by atoms with Gasteiger partial charge in [0.15, 0.2) is 0 Å². The fraction of sp³-hybridized carbons (Fsp3) is 0.909. The van der Waals surface area contributed by atoms with Crippen molar-refractivity contribution in [3.8, 4) is 0 Å². The molecule has 80 valence electrons. The third kappa shape index (κ3) is 1.92. The van der Waals surface area contributed by atoms with Crippen molar-refractivity contribution in [1.29, 1.82) is 0 Å². The Morgan fingerprint density at radius 2 is 2.07 bits per heavy atom. The number of carbonyl (C=O) groups is 1. The summed E-state index contributed by atoms with van der Waals surface area (Å²) in [4.78, 5) is 11.8. The summed E-state index contributed by atoms with van der Waals surface area (Å²) in [6.07, 6.45) is 5.40. The predicted molar refractivity (Wildman–Crippen MR) is 55.6 cm³/mol. The summed E-state index contributed by atoms with van der Waals surface area (Å²) in [6, 6.07) is 0.540. The van der Waals surface area contributed by atoms with Gasteiger partial charge in [-0.3, -0.25) is 4.79 Å². The van der Waals surface area contributed by atoms with Crippen LogP contribution in [0.1, 0.15) is 39.0 Å². The van der Waals surface area contributed by atoms with Crippen LogP contribution < -0.4 is 11.1 Å². The van der Waals surface area contributed by atoms with E-state index in [0.717, 1.165) is 38.0 Å². The zero-order valence-corrected chi connectivity index (χ0v) is 8.83. The summed E-state index contributed by atoms with van der Waals surface area (Å²) >= 11 is 0. The number of hydrogen-bond donors (Lipinski definition) is 2. The Kier molecular flexibility index (Phi) is 2.77. The number of rotatable bonds is 2. The third-order valence-corrected chi connectivity index (χ3v) is 3.63. The molecule has 0 heterocycles. The van der Waals surface area contributed by atoms with Gasteiger partial charge in [0, 0.05) is 12.1 Å². The molecule has 0 aromatic carbocycles. The Labute approximate surface area is 85.4 Å². The van der Waals surface area contributed by atoms with Crippen LogP contribution in [0.25, 0.3) is 0 Å². The first-order valence-electron chi connectivity index (χ1n) is 5.72. The van der Waals surface area contributed by atoms with Gasteiger partial charge in [0.05, 0.1) is 5.92 Å². The van der Waals surface area contributed by atoms with Crippen molar-refractivity contribution >= 4 is 5.91 Å². The van der Waals surface area contributed by atoms with Crippen molar-refractivity contribution in [2.75, 3.05) is 0 Å². The average molecular weight is 196 g/mol. The second-order valence-electron chi connectivity index (χ2n) is 4.98. The standard InChI is InChI=1S/C11H20N2O/c1-7-5-8(6-7)13-11(14)9-3-2-4-10(9)12/h7-10H,2-6,12H2,1H3,(H,13,14). The SMILES string of the molecule is CC1CC(NC(=O)C2CCCC2N)C1. The van der Waals surface area contributed by atoms with E-state index in [0.29, 0.717) is 6.04 Å². The zero-order valence-electron chi connectivity index (χ0n) is 8.83. The second kappa shape index (κ2) is 3.89. The smallest absolute Gasteiger partial charge is 0.224 e. The van der Waals surface area contributed by atoms with Gasteiger partial charge in [-0.1, -0.05) is 13.3 Å². The topological polar surface area (TPSA) is 55.1 Å². The van der Waals surface area contributed by atoms with E-state index in [1.54, 1.807) is 0 Å². The van der Waals surface area contributed by atoms with Gasteiger partial charge in [0.25, 0.3) is 0 Å². The van der Waals surface area contributed by atoms with Gasteiger partial charge in [0.2, 0.25) is 5.91 Å². The zero-order chi connectivity index (χ0) is 10.1. The van der Waals surface area contributed by atoms with E-state index in [1.807, 2.05) is 0 Å². The highest BCUT2D eigenvalue weighted by atomic mass is 16.2. The van der Waals surface area contributed by atoms with Crippen molar-refractivity contribution in [3.05, 3.63) is 0 Å². The van der Waals surface area contributed by atoms with E-state index in [9.17, 15) is 4.79 Å². The first kappa shape index (κ1) is 9.97. The van der Waals surface area contributed by atoms with E-state index in [4.69, 9.17) is 5.73 Å². The number of nitrogens with two attached hydrogens (primary N) is 1. The highest BCUT2D eigenvalue weighted by Crippen LogP contribution is 2.28. The van der Waals surface area contributed by atoms with Crippen molar-refractivity contribution in [2.24, 2.45) is 17.6 Å². The molecule has 0 aliphatic heterocycles. The molecule has 2 atom stereocenters. The largest absolute Gasteiger partial charge is 0.353 e. The Bertz CT molecular complexity index is 223. The van der Waals surface area contributed by atoms with Crippen LogP contribution in [0.2, 0.25) is 0 Å². The fourth-order valence-corrected chi connectivity index (χ4v) is 2.64. The minimum Gasteiger partial charge on any atom is -0.353 e. The normalized spacial score (nSPS) is 41.9. The lowest BCUT2D eigenvalue weighted by Crippen LogP contribution is -2.48. The van der Waals surface area contributed by atoms with E-state index >= 15 is 0 Å². The summed E-state index contributed by atoms with van der Waals surface area (Å²) in [6.45, 7) is 2.23. The van der Waals surface area contributed by atoms with Crippen LogP contribution in [-0.2, 0) is 4.79 Å². The lowest BCUT2D eigenvalue weighted by molar-refractivity contribution is -0.126. The molecule has 2 rings (SSSR count). The molecule has 2 aliphatic carbocycles. The molecule has 3 heteroatoms. The number of carbonyl (C=O) groups excluding carboxylic acids is 1. The minimum atomic E-state index is 0.0888. The molecular weight excluding hydrogens is 176 g/mol. The Morgan fingerprint density at radius 1 is 1.36 bits per heavy atom. The highest BCUT2D eigenvalue weighted by Gasteiger charge is 2.33. The van der Waals surface area contributed by atoms with Crippen LogP contribution in [0.15, 0.2) is 0 Å². The quantitative estimate of drug-likeness (QED) is 0.693. The van der Waals surface area contributed by atoms with Crippen LogP contribution in [-0.4, -0.2) is 18.0 Å². The molecule has 0 aromatic heterocycles. The maximum Gasteiger partial charge on any atom is 0.224 e. The molecule has 2 saturated carbocycles. The Balaban J connectivity index is 1.78. The summed E-state index contributed by atoms with van der Waals surface area (Å²) in [5.41, 5.74) is 5.88. The van der Waals surface area contributed by atoms with Crippen molar-refractivity contribution < 1.29 is 4.79 Å². The van der Waals surface area contributed by atoms with Crippen LogP contribution in [0, 0.1) is 11.8 Å². The van der Waals surface area contributed by atoms with Crippen molar-refractivity contribution in [3.63, 3.8) is 0 Å². The number of nitrogens with one attached hydrogen (secondary N) is 1. The molecular formula is C11H20N2O. The number of hydrogen-bond acceptors (Lipinski definition) is 2. The summed E-state index contributed by atoms with van der Waals surface area (Å²) in [7, 11) is 0. The third-order valence-electron chi connectivity index (χ3n) is 3.63. The lowest BCUT2D eigenvalue weighted by atomic mass is 9.81. The maximum atomic E-state index is 11.8.